The Hall–Kier alpha value is -0.870. The van der Waals surface area contributed by atoms with E-state index in [-0.39, 0.29) is 17.9 Å². The smallest absolute Gasteiger partial charge is 0.237 e. The van der Waals surface area contributed by atoms with Crippen molar-refractivity contribution in [3.63, 3.8) is 0 Å². The van der Waals surface area contributed by atoms with Gasteiger partial charge in [0.2, 0.25) is 5.91 Å². The topological polar surface area (TPSA) is 55.1 Å². The maximum atomic E-state index is 11.8. The third-order valence-corrected chi connectivity index (χ3v) is 3.22. The van der Waals surface area contributed by atoms with Crippen molar-refractivity contribution < 1.29 is 4.79 Å². The van der Waals surface area contributed by atoms with Gasteiger partial charge in [-0.1, -0.05) is 41.9 Å². The molecule has 0 aliphatic heterocycles. The lowest BCUT2D eigenvalue weighted by Gasteiger charge is -2.20. The van der Waals surface area contributed by atoms with Crippen molar-refractivity contribution in [2.45, 2.75) is 32.9 Å². The van der Waals surface area contributed by atoms with Gasteiger partial charge in [-0.25, -0.2) is 0 Å². The van der Waals surface area contributed by atoms with Crippen molar-refractivity contribution in [3.05, 3.63) is 34.3 Å². The fourth-order valence-electron chi connectivity index (χ4n) is 1.47. The van der Waals surface area contributed by atoms with E-state index in [1.54, 1.807) is 0 Å². The molecule has 0 fully saturated rings. The Morgan fingerprint density at radius 2 is 2.00 bits per heavy atom. The lowest BCUT2D eigenvalue weighted by atomic mass is 10.0. The summed E-state index contributed by atoms with van der Waals surface area (Å²) in [6.07, 6.45) is 0. The first-order valence-electron chi connectivity index (χ1n) is 5.73. The molecule has 0 saturated heterocycles. The molecule has 3 nitrogen and oxygen atoms in total. The number of nitrogens with two attached hydrogens (primary N) is 1. The molecular weight excluding hydrogens is 280 g/mol. The zero-order valence-electron chi connectivity index (χ0n) is 10.4. The SMILES string of the molecule is CC(C)[C@@H](N)C(=O)N[C@@H](C)c1cccc(Br)c1. The molecule has 4 heteroatoms. The fourth-order valence-corrected chi connectivity index (χ4v) is 1.89. The minimum absolute atomic E-state index is 0.0372. The van der Waals surface area contributed by atoms with Crippen molar-refractivity contribution in [1.82, 2.24) is 5.32 Å². The zero-order valence-corrected chi connectivity index (χ0v) is 12.0. The van der Waals surface area contributed by atoms with E-state index in [1.807, 2.05) is 45.0 Å². The summed E-state index contributed by atoms with van der Waals surface area (Å²) < 4.78 is 1.00. The molecule has 94 valence electrons. The molecule has 0 aliphatic rings. The summed E-state index contributed by atoms with van der Waals surface area (Å²) in [6, 6.07) is 7.39. The van der Waals surface area contributed by atoms with Crippen molar-refractivity contribution in [3.8, 4) is 0 Å². The molecule has 0 bridgehead atoms. The van der Waals surface area contributed by atoms with Crippen LogP contribution in [0.1, 0.15) is 32.4 Å². The third-order valence-electron chi connectivity index (χ3n) is 2.73. The van der Waals surface area contributed by atoms with E-state index in [0.717, 1.165) is 10.0 Å². The summed E-state index contributed by atoms with van der Waals surface area (Å²) >= 11 is 3.41. The molecule has 1 rings (SSSR count). The molecular formula is C13H19BrN2O. The first-order valence-corrected chi connectivity index (χ1v) is 6.52. The van der Waals surface area contributed by atoms with Gasteiger partial charge in [-0.15, -0.1) is 0 Å². The normalized spacial score (nSPS) is 14.5. The van der Waals surface area contributed by atoms with Crippen LogP contribution in [0.15, 0.2) is 28.7 Å². The lowest BCUT2D eigenvalue weighted by molar-refractivity contribution is -0.123. The van der Waals surface area contributed by atoms with Gasteiger partial charge in [0, 0.05) is 4.47 Å². The van der Waals surface area contributed by atoms with Crippen molar-refractivity contribution in [2.75, 3.05) is 0 Å². The molecule has 1 aromatic carbocycles. The summed E-state index contributed by atoms with van der Waals surface area (Å²) in [5.41, 5.74) is 6.85. The minimum atomic E-state index is -0.454. The number of carbonyl (C=O) groups is 1. The number of amides is 1. The number of hydrogen-bond donors (Lipinski definition) is 2. The quantitative estimate of drug-likeness (QED) is 0.898. The molecule has 0 unspecified atom stereocenters. The highest BCUT2D eigenvalue weighted by Crippen LogP contribution is 2.18. The molecule has 1 aromatic rings. The van der Waals surface area contributed by atoms with Crippen LogP contribution in [0, 0.1) is 5.92 Å². The molecule has 2 atom stereocenters. The van der Waals surface area contributed by atoms with E-state index in [1.165, 1.54) is 0 Å². The van der Waals surface area contributed by atoms with Crippen LogP contribution in [0.25, 0.3) is 0 Å². The van der Waals surface area contributed by atoms with Crippen LogP contribution < -0.4 is 11.1 Å². The van der Waals surface area contributed by atoms with Gasteiger partial charge in [-0.05, 0) is 30.5 Å². The number of halogens is 1. The van der Waals surface area contributed by atoms with Crippen molar-refractivity contribution in [1.29, 1.82) is 0 Å². The van der Waals surface area contributed by atoms with E-state index < -0.39 is 6.04 Å². The minimum Gasteiger partial charge on any atom is -0.348 e. The van der Waals surface area contributed by atoms with Gasteiger partial charge in [0.05, 0.1) is 12.1 Å². The van der Waals surface area contributed by atoms with Gasteiger partial charge in [-0.3, -0.25) is 4.79 Å². The average Bonchev–Trinajstić information content (AvgIpc) is 2.27. The van der Waals surface area contributed by atoms with Crippen LogP contribution in [0.5, 0.6) is 0 Å². The highest BCUT2D eigenvalue weighted by atomic mass is 79.9. The Kier molecular flexibility index (Phi) is 5.15. The van der Waals surface area contributed by atoms with Crippen LogP contribution in [0.2, 0.25) is 0 Å². The van der Waals surface area contributed by atoms with Crippen LogP contribution >= 0.6 is 15.9 Å². The Labute approximate surface area is 111 Å². The first kappa shape index (κ1) is 14.2. The van der Waals surface area contributed by atoms with E-state index in [0.29, 0.717) is 0 Å². The van der Waals surface area contributed by atoms with Crippen LogP contribution in [-0.2, 0) is 4.79 Å². The Bertz CT molecular complexity index is 393. The van der Waals surface area contributed by atoms with Gasteiger partial charge >= 0.3 is 0 Å². The van der Waals surface area contributed by atoms with Crippen molar-refractivity contribution in [2.24, 2.45) is 11.7 Å². The first-order chi connectivity index (χ1) is 7.91. The zero-order chi connectivity index (χ0) is 13.0. The predicted molar refractivity (Wildman–Crippen MR) is 73.5 cm³/mol. The van der Waals surface area contributed by atoms with Crippen LogP contribution in [0.3, 0.4) is 0 Å². The van der Waals surface area contributed by atoms with Crippen LogP contribution in [-0.4, -0.2) is 11.9 Å². The standard InChI is InChI=1S/C13H19BrN2O/c1-8(2)12(15)13(17)16-9(3)10-5-4-6-11(14)7-10/h4-9,12H,15H2,1-3H3,(H,16,17)/t9-,12+/m0/s1. The van der Waals surface area contributed by atoms with Gasteiger partial charge in [0.25, 0.3) is 0 Å². The highest BCUT2D eigenvalue weighted by molar-refractivity contribution is 9.10. The summed E-state index contributed by atoms with van der Waals surface area (Å²) in [4.78, 5) is 11.8. The molecule has 1 amide bonds. The Morgan fingerprint density at radius 1 is 1.35 bits per heavy atom. The number of carbonyl (C=O) groups excluding carboxylic acids is 1. The molecule has 3 N–H and O–H groups in total. The molecule has 0 aromatic heterocycles. The summed E-state index contributed by atoms with van der Waals surface area (Å²) in [5.74, 6) is 0.0391. The van der Waals surface area contributed by atoms with Crippen LogP contribution in [0.4, 0.5) is 0 Å². The monoisotopic (exact) mass is 298 g/mol. The predicted octanol–water partition coefficient (Wildman–Crippen LogP) is 2.61. The maximum absolute atomic E-state index is 11.8. The van der Waals surface area contributed by atoms with E-state index >= 15 is 0 Å². The number of nitrogens with one attached hydrogen (secondary N) is 1. The van der Waals surface area contributed by atoms with Gasteiger partial charge in [0.1, 0.15) is 0 Å². The maximum Gasteiger partial charge on any atom is 0.237 e. The van der Waals surface area contributed by atoms with E-state index in [9.17, 15) is 4.79 Å². The van der Waals surface area contributed by atoms with Gasteiger partial charge in [0.15, 0.2) is 0 Å². The average molecular weight is 299 g/mol. The molecule has 0 heterocycles. The van der Waals surface area contributed by atoms with Gasteiger partial charge < -0.3 is 11.1 Å². The number of rotatable bonds is 4. The highest BCUT2D eigenvalue weighted by Gasteiger charge is 2.19. The summed E-state index contributed by atoms with van der Waals surface area (Å²) in [6.45, 7) is 5.83. The summed E-state index contributed by atoms with van der Waals surface area (Å²) in [5, 5.41) is 2.92. The van der Waals surface area contributed by atoms with E-state index in [4.69, 9.17) is 5.73 Å². The number of hydrogen-bond acceptors (Lipinski definition) is 2. The van der Waals surface area contributed by atoms with Crippen molar-refractivity contribution >= 4 is 21.8 Å². The molecule has 0 radical (unpaired) electrons. The largest absolute Gasteiger partial charge is 0.348 e. The lowest BCUT2D eigenvalue weighted by Crippen LogP contribution is -2.44. The molecule has 17 heavy (non-hydrogen) atoms. The molecule has 0 spiro atoms. The Balaban J connectivity index is 2.66. The molecule has 0 aliphatic carbocycles. The second-order valence-electron chi connectivity index (χ2n) is 4.56. The third kappa shape index (κ3) is 4.13. The molecule has 0 saturated carbocycles. The van der Waals surface area contributed by atoms with Gasteiger partial charge in [-0.2, -0.15) is 0 Å². The summed E-state index contributed by atoms with van der Waals surface area (Å²) in [7, 11) is 0. The van der Waals surface area contributed by atoms with E-state index in [2.05, 4.69) is 21.2 Å². The fraction of sp³-hybridized carbons (Fsp3) is 0.462. The second kappa shape index (κ2) is 6.17. The number of benzene rings is 1. The Morgan fingerprint density at radius 3 is 2.53 bits per heavy atom. The second-order valence-corrected chi connectivity index (χ2v) is 5.47.